The Morgan fingerprint density at radius 1 is 1.24 bits per heavy atom. The van der Waals surface area contributed by atoms with Crippen molar-refractivity contribution in [1.29, 1.82) is 0 Å². The van der Waals surface area contributed by atoms with Gasteiger partial charge in [-0.15, -0.1) is 0 Å². The van der Waals surface area contributed by atoms with Crippen molar-refractivity contribution in [2.24, 2.45) is 0 Å². The third-order valence-corrected chi connectivity index (χ3v) is 3.87. The lowest BCUT2D eigenvalue weighted by Crippen LogP contribution is -2.48. The van der Waals surface area contributed by atoms with Gasteiger partial charge in [0.1, 0.15) is 0 Å². The van der Waals surface area contributed by atoms with Gasteiger partial charge in [-0.1, -0.05) is 0 Å². The van der Waals surface area contributed by atoms with Crippen molar-refractivity contribution in [1.82, 2.24) is 10.2 Å². The SMILES string of the molecule is O=S(=O)(O)CCCC(CCO)N1CCNCC1. The number of aliphatic hydroxyl groups is 1. The van der Waals surface area contributed by atoms with E-state index in [4.69, 9.17) is 9.66 Å². The predicted octanol–water partition coefficient (Wildman–Crippen LogP) is -0.689. The van der Waals surface area contributed by atoms with Crippen molar-refractivity contribution in [2.45, 2.75) is 25.3 Å². The molecule has 1 fully saturated rings. The maximum Gasteiger partial charge on any atom is 0.264 e. The van der Waals surface area contributed by atoms with Gasteiger partial charge in [-0.2, -0.15) is 8.42 Å². The quantitative estimate of drug-likeness (QED) is 0.529. The van der Waals surface area contributed by atoms with Crippen LogP contribution < -0.4 is 5.32 Å². The zero-order valence-electron chi connectivity index (χ0n) is 10.0. The van der Waals surface area contributed by atoms with E-state index >= 15 is 0 Å². The van der Waals surface area contributed by atoms with Gasteiger partial charge < -0.3 is 10.4 Å². The molecule has 102 valence electrons. The molecule has 0 aromatic carbocycles. The summed E-state index contributed by atoms with van der Waals surface area (Å²) in [5.74, 6) is -0.193. The summed E-state index contributed by atoms with van der Waals surface area (Å²) >= 11 is 0. The summed E-state index contributed by atoms with van der Waals surface area (Å²) in [6.07, 6.45) is 1.79. The van der Waals surface area contributed by atoms with Crippen molar-refractivity contribution in [2.75, 3.05) is 38.5 Å². The van der Waals surface area contributed by atoms with Crippen LogP contribution in [0.4, 0.5) is 0 Å². The summed E-state index contributed by atoms with van der Waals surface area (Å²) in [5, 5.41) is 12.3. The van der Waals surface area contributed by atoms with Gasteiger partial charge in [-0.3, -0.25) is 9.45 Å². The summed E-state index contributed by atoms with van der Waals surface area (Å²) in [6.45, 7) is 3.83. The van der Waals surface area contributed by atoms with E-state index in [1.807, 2.05) is 0 Å². The molecule has 7 heteroatoms. The maximum absolute atomic E-state index is 10.6. The van der Waals surface area contributed by atoms with Crippen molar-refractivity contribution in [3.8, 4) is 0 Å². The van der Waals surface area contributed by atoms with Gasteiger partial charge in [0.05, 0.1) is 5.75 Å². The maximum atomic E-state index is 10.6. The molecule has 1 heterocycles. The first-order chi connectivity index (χ1) is 8.03. The average molecular weight is 266 g/mol. The highest BCUT2D eigenvalue weighted by Crippen LogP contribution is 2.12. The van der Waals surface area contributed by atoms with Crippen LogP contribution in [0.25, 0.3) is 0 Å². The van der Waals surface area contributed by atoms with Crippen LogP contribution in [-0.2, 0) is 10.1 Å². The molecular formula is C10H22N2O4S. The molecule has 0 aromatic rings. The van der Waals surface area contributed by atoms with Crippen LogP contribution in [0, 0.1) is 0 Å². The van der Waals surface area contributed by atoms with E-state index in [2.05, 4.69) is 10.2 Å². The van der Waals surface area contributed by atoms with Crippen LogP contribution in [0.5, 0.6) is 0 Å². The molecule has 1 saturated heterocycles. The second-order valence-electron chi connectivity index (χ2n) is 4.38. The van der Waals surface area contributed by atoms with Crippen LogP contribution >= 0.6 is 0 Å². The van der Waals surface area contributed by atoms with Gasteiger partial charge in [-0.25, -0.2) is 0 Å². The minimum atomic E-state index is -3.86. The smallest absolute Gasteiger partial charge is 0.264 e. The number of aliphatic hydroxyl groups excluding tert-OH is 1. The Morgan fingerprint density at radius 2 is 1.88 bits per heavy atom. The number of hydrogen-bond donors (Lipinski definition) is 3. The zero-order chi connectivity index (χ0) is 12.7. The summed E-state index contributed by atoms with van der Waals surface area (Å²) < 4.78 is 29.9. The van der Waals surface area contributed by atoms with E-state index in [0.717, 1.165) is 26.2 Å². The standard InChI is InChI=1S/C10H22N2O4S/c13-8-3-10(2-1-9-17(14,15)16)12-6-4-11-5-7-12/h10-11,13H,1-9H2,(H,14,15,16). The first-order valence-corrected chi connectivity index (χ1v) is 7.64. The van der Waals surface area contributed by atoms with E-state index in [1.54, 1.807) is 0 Å². The van der Waals surface area contributed by atoms with Crippen molar-refractivity contribution >= 4 is 10.1 Å². The molecule has 0 saturated carbocycles. The van der Waals surface area contributed by atoms with E-state index in [9.17, 15) is 8.42 Å². The minimum Gasteiger partial charge on any atom is -0.396 e. The summed E-state index contributed by atoms with van der Waals surface area (Å²) in [7, 11) is -3.86. The molecule has 1 aliphatic rings. The van der Waals surface area contributed by atoms with Gasteiger partial charge in [0.25, 0.3) is 10.1 Å². The molecule has 1 unspecified atom stereocenters. The van der Waals surface area contributed by atoms with Gasteiger partial charge >= 0.3 is 0 Å². The van der Waals surface area contributed by atoms with Crippen LogP contribution in [0.15, 0.2) is 0 Å². The van der Waals surface area contributed by atoms with Gasteiger partial charge in [-0.05, 0) is 19.3 Å². The predicted molar refractivity (Wildman–Crippen MR) is 65.6 cm³/mol. The Hall–Kier alpha value is -0.210. The normalized spacial score (nSPS) is 20.4. The van der Waals surface area contributed by atoms with Gasteiger partial charge in [0, 0.05) is 38.8 Å². The van der Waals surface area contributed by atoms with Crippen LogP contribution in [0.2, 0.25) is 0 Å². The summed E-state index contributed by atoms with van der Waals surface area (Å²) in [5.41, 5.74) is 0. The number of hydrogen-bond acceptors (Lipinski definition) is 5. The number of nitrogens with one attached hydrogen (secondary N) is 1. The third-order valence-electron chi connectivity index (χ3n) is 3.07. The van der Waals surface area contributed by atoms with Crippen molar-refractivity contribution in [3.05, 3.63) is 0 Å². The summed E-state index contributed by atoms with van der Waals surface area (Å²) in [6, 6.07) is 0.212. The number of nitrogens with zero attached hydrogens (tertiary/aromatic N) is 1. The fourth-order valence-electron chi connectivity index (χ4n) is 2.21. The van der Waals surface area contributed by atoms with Crippen LogP contribution in [-0.4, -0.2) is 67.6 Å². The fourth-order valence-corrected chi connectivity index (χ4v) is 2.74. The van der Waals surface area contributed by atoms with Crippen molar-refractivity contribution in [3.63, 3.8) is 0 Å². The van der Waals surface area contributed by atoms with Gasteiger partial charge in [0.15, 0.2) is 0 Å². The van der Waals surface area contributed by atoms with E-state index < -0.39 is 10.1 Å². The number of piperazine rings is 1. The molecule has 0 radical (unpaired) electrons. The Morgan fingerprint density at radius 3 is 2.41 bits per heavy atom. The summed E-state index contributed by atoms with van der Waals surface area (Å²) in [4.78, 5) is 2.27. The Kier molecular flexibility index (Phi) is 6.35. The molecule has 0 aromatic heterocycles. The Bertz CT molecular complexity index is 301. The molecule has 1 rings (SSSR count). The third kappa shape index (κ3) is 6.32. The lowest BCUT2D eigenvalue weighted by Gasteiger charge is -2.34. The Labute approximate surface area is 103 Å². The van der Waals surface area contributed by atoms with E-state index in [-0.39, 0.29) is 18.4 Å². The lowest BCUT2D eigenvalue weighted by molar-refractivity contribution is 0.133. The van der Waals surface area contributed by atoms with Crippen LogP contribution in [0.1, 0.15) is 19.3 Å². The molecule has 3 N–H and O–H groups in total. The second-order valence-corrected chi connectivity index (χ2v) is 5.95. The molecule has 1 atom stereocenters. The second kappa shape index (κ2) is 7.27. The minimum absolute atomic E-state index is 0.112. The highest BCUT2D eigenvalue weighted by atomic mass is 32.2. The topological polar surface area (TPSA) is 89.9 Å². The zero-order valence-corrected chi connectivity index (χ0v) is 10.8. The monoisotopic (exact) mass is 266 g/mol. The first kappa shape index (κ1) is 14.8. The van der Waals surface area contributed by atoms with Gasteiger partial charge in [0.2, 0.25) is 0 Å². The Balaban J connectivity index is 2.36. The number of rotatable bonds is 7. The lowest BCUT2D eigenvalue weighted by atomic mass is 10.1. The highest BCUT2D eigenvalue weighted by molar-refractivity contribution is 7.85. The van der Waals surface area contributed by atoms with E-state index in [0.29, 0.717) is 19.3 Å². The highest BCUT2D eigenvalue weighted by Gasteiger charge is 2.20. The molecule has 0 aliphatic carbocycles. The molecule has 0 bridgehead atoms. The molecule has 0 amide bonds. The largest absolute Gasteiger partial charge is 0.396 e. The molecule has 1 aliphatic heterocycles. The molecular weight excluding hydrogens is 244 g/mol. The average Bonchev–Trinajstić information content (AvgIpc) is 2.27. The first-order valence-electron chi connectivity index (χ1n) is 6.04. The fraction of sp³-hybridized carbons (Fsp3) is 1.00. The van der Waals surface area contributed by atoms with Crippen molar-refractivity contribution < 1.29 is 18.1 Å². The molecule has 0 spiro atoms. The molecule has 6 nitrogen and oxygen atoms in total. The molecule has 17 heavy (non-hydrogen) atoms. The van der Waals surface area contributed by atoms with Crippen LogP contribution in [0.3, 0.4) is 0 Å². The van der Waals surface area contributed by atoms with E-state index in [1.165, 1.54) is 0 Å².